The molecule has 1 aliphatic rings. The molecule has 0 radical (unpaired) electrons. The molecule has 0 unspecified atom stereocenters. The van der Waals surface area contributed by atoms with Crippen LogP contribution in [0.4, 0.5) is 0 Å². The molecule has 0 fully saturated rings. The third-order valence-corrected chi connectivity index (χ3v) is 3.03. The lowest BCUT2D eigenvalue weighted by molar-refractivity contribution is 0.281. The summed E-state index contributed by atoms with van der Waals surface area (Å²) < 4.78 is 0. The quantitative estimate of drug-likeness (QED) is 0.857. The number of benzene rings is 1. The number of aliphatic hydroxyl groups excluding tert-OH is 1. The predicted molar refractivity (Wildman–Crippen MR) is 71.6 cm³/mol. The SMILES string of the molecule is CN(C)CC1=C(c2ccccc2CO)CC=C1. The zero-order chi connectivity index (χ0) is 12.3. The zero-order valence-corrected chi connectivity index (χ0v) is 10.5. The van der Waals surface area contributed by atoms with Crippen molar-refractivity contribution in [2.45, 2.75) is 13.0 Å². The van der Waals surface area contributed by atoms with Crippen LogP contribution in [-0.4, -0.2) is 30.6 Å². The van der Waals surface area contributed by atoms with E-state index in [4.69, 9.17) is 0 Å². The zero-order valence-electron chi connectivity index (χ0n) is 10.5. The molecule has 0 spiro atoms. The molecule has 0 atom stereocenters. The van der Waals surface area contributed by atoms with E-state index >= 15 is 0 Å². The van der Waals surface area contributed by atoms with E-state index in [-0.39, 0.29) is 6.61 Å². The van der Waals surface area contributed by atoms with Gasteiger partial charge in [0.25, 0.3) is 0 Å². The van der Waals surface area contributed by atoms with Crippen LogP contribution < -0.4 is 0 Å². The van der Waals surface area contributed by atoms with Crippen LogP contribution in [0.3, 0.4) is 0 Å². The Morgan fingerprint density at radius 1 is 1.24 bits per heavy atom. The highest BCUT2D eigenvalue weighted by atomic mass is 16.3. The maximum absolute atomic E-state index is 9.39. The van der Waals surface area contributed by atoms with E-state index in [1.165, 1.54) is 16.7 Å². The molecular weight excluding hydrogens is 210 g/mol. The Hall–Kier alpha value is -1.38. The average molecular weight is 229 g/mol. The summed E-state index contributed by atoms with van der Waals surface area (Å²) >= 11 is 0. The molecule has 0 saturated heterocycles. The number of hydrogen-bond acceptors (Lipinski definition) is 2. The van der Waals surface area contributed by atoms with Crippen molar-refractivity contribution in [3.63, 3.8) is 0 Å². The van der Waals surface area contributed by atoms with E-state index in [0.717, 1.165) is 18.5 Å². The lowest BCUT2D eigenvalue weighted by Gasteiger charge is -2.14. The van der Waals surface area contributed by atoms with Gasteiger partial charge >= 0.3 is 0 Å². The second-order valence-electron chi connectivity index (χ2n) is 4.66. The van der Waals surface area contributed by atoms with E-state index in [1.807, 2.05) is 18.2 Å². The average Bonchev–Trinajstić information content (AvgIpc) is 2.76. The standard InChI is InChI=1S/C15H19NO/c1-16(2)10-12-7-5-9-14(12)15-8-4-3-6-13(15)11-17/h3-8,17H,9-11H2,1-2H3. The van der Waals surface area contributed by atoms with Gasteiger partial charge in [-0.2, -0.15) is 0 Å². The molecule has 1 N–H and O–H groups in total. The van der Waals surface area contributed by atoms with Gasteiger partial charge in [-0.1, -0.05) is 36.4 Å². The molecule has 2 nitrogen and oxygen atoms in total. The Morgan fingerprint density at radius 2 is 2.00 bits per heavy atom. The summed E-state index contributed by atoms with van der Waals surface area (Å²) in [7, 11) is 4.16. The molecule has 0 saturated carbocycles. The number of likely N-dealkylation sites (N-methyl/N-ethyl adjacent to an activating group) is 1. The minimum Gasteiger partial charge on any atom is -0.392 e. The fourth-order valence-corrected chi connectivity index (χ4v) is 2.28. The van der Waals surface area contributed by atoms with E-state index in [1.54, 1.807) is 0 Å². The first kappa shape index (κ1) is 12.1. The summed E-state index contributed by atoms with van der Waals surface area (Å²) in [5, 5.41) is 9.39. The van der Waals surface area contributed by atoms with Crippen LogP contribution in [0.15, 0.2) is 42.0 Å². The maximum atomic E-state index is 9.39. The van der Waals surface area contributed by atoms with E-state index < -0.39 is 0 Å². The predicted octanol–water partition coefficient (Wildman–Crippen LogP) is 2.45. The van der Waals surface area contributed by atoms with Crippen LogP contribution >= 0.6 is 0 Å². The van der Waals surface area contributed by atoms with Gasteiger partial charge in [-0.25, -0.2) is 0 Å². The Balaban J connectivity index is 2.38. The van der Waals surface area contributed by atoms with Crippen molar-refractivity contribution in [1.29, 1.82) is 0 Å². The van der Waals surface area contributed by atoms with E-state index in [2.05, 4.69) is 37.2 Å². The highest BCUT2D eigenvalue weighted by molar-refractivity contribution is 5.76. The van der Waals surface area contributed by atoms with Gasteiger partial charge in [-0.3, -0.25) is 0 Å². The molecule has 0 amide bonds. The van der Waals surface area contributed by atoms with Crippen molar-refractivity contribution >= 4 is 5.57 Å². The lowest BCUT2D eigenvalue weighted by atomic mass is 9.96. The Morgan fingerprint density at radius 3 is 2.71 bits per heavy atom. The third kappa shape index (κ3) is 2.65. The smallest absolute Gasteiger partial charge is 0.0687 e. The molecule has 1 aromatic rings. The van der Waals surface area contributed by atoms with Gasteiger partial charge in [0.2, 0.25) is 0 Å². The molecule has 17 heavy (non-hydrogen) atoms. The highest BCUT2D eigenvalue weighted by Gasteiger charge is 2.14. The molecule has 1 aliphatic carbocycles. The van der Waals surface area contributed by atoms with Crippen molar-refractivity contribution in [2.24, 2.45) is 0 Å². The number of aliphatic hydroxyl groups is 1. The molecule has 0 heterocycles. The Bertz CT molecular complexity index is 458. The van der Waals surface area contributed by atoms with Gasteiger partial charge in [0.05, 0.1) is 6.61 Å². The van der Waals surface area contributed by atoms with Crippen LogP contribution in [-0.2, 0) is 6.61 Å². The number of allylic oxidation sites excluding steroid dienone is 2. The first-order valence-corrected chi connectivity index (χ1v) is 5.95. The second-order valence-corrected chi connectivity index (χ2v) is 4.66. The van der Waals surface area contributed by atoms with Crippen LogP contribution in [0.1, 0.15) is 17.5 Å². The molecule has 0 aromatic heterocycles. The number of hydrogen-bond donors (Lipinski definition) is 1. The lowest BCUT2D eigenvalue weighted by Crippen LogP contribution is -2.14. The van der Waals surface area contributed by atoms with Gasteiger partial charge < -0.3 is 10.0 Å². The van der Waals surface area contributed by atoms with Gasteiger partial charge in [-0.15, -0.1) is 0 Å². The first-order valence-electron chi connectivity index (χ1n) is 5.95. The third-order valence-electron chi connectivity index (χ3n) is 3.03. The Labute approximate surface area is 103 Å². The molecule has 2 heteroatoms. The topological polar surface area (TPSA) is 23.5 Å². The van der Waals surface area contributed by atoms with Gasteiger partial charge in [0.1, 0.15) is 0 Å². The summed E-state index contributed by atoms with van der Waals surface area (Å²) in [5.41, 5.74) is 4.92. The molecule has 0 aliphatic heterocycles. The van der Waals surface area contributed by atoms with Crippen molar-refractivity contribution in [3.05, 3.63) is 53.1 Å². The summed E-state index contributed by atoms with van der Waals surface area (Å²) in [5.74, 6) is 0. The van der Waals surface area contributed by atoms with Crippen molar-refractivity contribution < 1.29 is 5.11 Å². The molecule has 2 rings (SSSR count). The first-order chi connectivity index (χ1) is 8.22. The number of nitrogens with zero attached hydrogens (tertiary/aromatic N) is 1. The summed E-state index contributed by atoms with van der Waals surface area (Å²) in [6.45, 7) is 1.06. The van der Waals surface area contributed by atoms with Crippen molar-refractivity contribution in [1.82, 2.24) is 4.90 Å². The van der Waals surface area contributed by atoms with E-state index in [0.29, 0.717) is 0 Å². The van der Waals surface area contributed by atoms with Crippen LogP contribution in [0.25, 0.3) is 5.57 Å². The second kappa shape index (κ2) is 5.30. The fourth-order valence-electron chi connectivity index (χ4n) is 2.28. The molecule has 0 bridgehead atoms. The molecule has 1 aromatic carbocycles. The van der Waals surface area contributed by atoms with Gasteiger partial charge in [0, 0.05) is 6.54 Å². The fraction of sp³-hybridized carbons (Fsp3) is 0.333. The van der Waals surface area contributed by atoms with Crippen LogP contribution in [0.2, 0.25) is 0 Å². The summed E-state index contributed by atoms with van der Waals surface area (Å²) in [4.78, 5) is 2.17. The highest BCUT2D eigenvalue weighted by Crippen LogP contribution is 2.31. The minimum absolute atomic E-state index is 0.106. The van der Waals surface area contributed by atoms with E-state index in [9.17, 15) is 5.11 Å². The monoisotopic (exact) mass is 229 g/mol. The maximum Gasteiger partial charge on any atom is 0.0687 e. The Kier molecular flexibility index (Phi) is 3.77. The van der Waals surface area contributed by atoms with Gasteiger partial charge in [0.15, 0.2) is 0 Å². The molecular formula is C15H19NO. The largest absolute Gasteiger partial charge is 0.392 e. The minimum atomic E-state index is 0.106. The molecule has 90 valence electrons. The number of rotatable bonds is 4. The summed E-state index contributed by atoms with van der Waals surface area (Å²) in [6, 6.07) is 8.11. The normalized spacial score (nSPS) is 15.1. The van der Waals surface area contributed by atoms with Gasteiger partial charge in [-0.05, 0) is 42.8 Å². The van der Waals surface area contributed by atoms with Crippen molar-refractivity contribution in [3.8, 4) is 0 Å². The van der Waals surface area contributed by atoms with Crippen LogP contribution in [0, 0.1) is 0 Å². The van der Waals surface area contributed by atoms with Crippen LogP contribution in [0.5, 0.6) is 0 Å². The summed E-state index contributed by atoms with van der Waals surface area (Å²) in [6.07, 6.45) is 5.37. The van der Waals surface area contributed by atoms with Crippen molar-refractivity contribution in [2.75, 3.05) is 20.6 Å².